The number of carbonyl (C=O) groups is 1. The molecule has 104 valence electrons. The van der Waals surface area contributed by atoms with Gasteiger partial charge in [0.05, 0.1) is 17.0 Å². The summed E-state index contributed by atoms with van der Waals surface area (Å²) < 4.78 is 5.31. The van der Waals surface area contributed by atoms with Gasteiger partial charge in [-0.25, -0.2) is 9.78 Å². The lowest BCUT2D eigenvalue weighted by molar-refractivity contribution is -0.384. The molecule has 2 heterocycles. The summed E-state index contributed by atoms with van der Waals surface area (Å²) in [5, 5.41) is 22.5. The molecule has 0 radical (unpaired) electrons. The van der Waals surface area contributed by atoms with Crippen LogP contribution in [0, 0.1) is 17.0 Å². The number of aromatic carboxylic acids is 1. The van der Waals surface area contributed by atoms with E-state index in [1.54, 1.807) is 19.1 Å². The summed E-state index contributed by atoms with van der Waals surface area (Å²) in [5.74, 6) is 0.0502. The van der Waals surface area contributed by atoms with E-state index in [-0.39, 0.29) is 17.9 Å². The number of hydrogen-bond donors (Lipinski definition) is 2. The summed E-state index contributed by atoms with van der Waals surface area (Å²) in [6.07, 6.45) is 1.06. The van der Waals surface area contributed by atoms with Crippen molar-refractivity contribution < 1.29 is 19.2 Å². The second-order valence-corrected chi connectivity index (χ2v) is 4.02. The lowest BCUT2D eigenvalue weighted by atomic mass is 10.2. The molecule has 0 amide bonds. The lowest BCUT2D eigenvalue weighted by Crippen LogP contribution is -2.06. The molecule has 0 unspecified atom stereocenters. The first kappa shape index (κ1) is 13.5. The number of pyridine rings is 1. The quantitative estimate of drug-likeness (QED) is 0.635. The van der Waals surface area contributed by atoms with Crippen LogP contribution in [-0.2, 0) is 6.54 Å². The number of hydrogen-bond acceptors (Lipinski definition) is 6. The number of nitrogens with one attached hydrogen (secondary N) is 1. The molecule has 0 spiro atoms. The van der Waals surface area contributed by atoms with E-state index in [9.17, 15) is 14.9 Å². The highest BCUT2D eigenvalue weighted by molar-refractivity contribution is 5.88. The fraction of sp³-hybridized carbons (Fsp3) is 0.167. The summed E-state index contributed by atoms with van der Waals surface area (Å²) in [6, 6.07) is 4.47. The van der Waals surface area contributed by atoms with Crippen LogP contribution in [0.4, 0.5) is 11.5 Å². The van der Waals surface area contributed by atoms with Crippen LogP contribution < -0.4 is 5.32 Å². The zero-order valence-electron chi connectivity index (χ0n) is 10.5. The summed E-state index contributed by atoms with van der Waals surface area (Å²) in [6.45, 7) is 2.00. The molecular weight excluding hydrogens is 266 g/mol. The molecule has 8 heteroatoms. The SMILES string of the molecule is Cc1ccc(CNc2ncc(C(=O)O)cc2[N+](=O)[O-])o1. The normalized spacial score (nSPS) is 10.2. The van der Waals surface area contributed by atoms with Crippen LogP contribution in [0.25, 0.3) is 0 Å². The number of carboxylic acids is 1. The predicted octanol–water partition coefficient (Wildman–Crippen LogP) is 2.20. The first-order valence-electron chi connectivity index (χ1n) is 5.64. The van der Waals surface area contributed by atoms with E-state index in [2.05, 4.69) is 10.3 Å². The monoisotopic (exact) mass is 277 g/mol. The highest BCUT2D eigenvalue weighted by Crippen LogP contribution is 2.23. The van der Waals surface area contributed by atoms with Crippen molar-refractivity contribution in [2.24, 2.45) is 0 Å². The third-order valence-corrected chi connectivity index (χ3v) is 2.54. The molecule has 8 nitrogen and oxygen atoms in total. The van der Waals surface area contributed by atoms with Crippen molar-refractivity contribution in [3.8, 4) is 0 Å². The number of aromatic nitrogens is 1. The van der Waals surface area contributed by atoms with Crippen LogP contribution in [0.2, 0.25) is 0 Å². The Bertz CT molecular complexity index is 665. The predicted molar refractivity (Wildman–Crippen MR) is 68.6 cm³/mol. The smallest absolute Gasteiger partial charge is 0.337 e. The van der Waals surface area contributed by atoms with Gasteiger partial charge in [-0.1, -0.05) is 0 Å². The minimum absolute atomic E-state index is 0.00551. The van der Waals surface area contributed by atoms with Crippen LogP contribution in [0.3, 0.4) is 0 Å². The molecule has 0 aromatic carbocycles. The standard InChI is InChI=1S/C12H11N3O5/c1-7-2-3-9(20-7)6-14-11-10(15(18)19)4-8(5-13-11)12(16)17/h2-5H,6H2,1H3,(H,13,14)(H,16,17). The van der Waals surface area contributed by atoms with E-state index < -0.39 is 16.6 Å². The maximum Gasteiger partial charge on any atom is 0.337 e. The fourth-order valence-corrected chi connectivity index (χ4v) is 1.60. The zero-order valence-corrected chi connectivity index (χ0v) is 10.5. The Kier molecular flexibility index (Phi) is 3.65. The highest BCUT2D eigenvalue weighted by Gasteiger charge is 2.18. The molecule has 0 aliphatic heterocycles. The van der Waals surface area contributed by atoms with Gasteiger partial charge in [0.25, 0.3) is 0 Å². The topological polar surface area (TPSA) is 119 Å². The Morgan fingerprint density at radius 2 is 2.30 bits per heavy atom. The molecule has 0 fully saturated rings. The van der Waals surface area contributed by atoms with Crippen LogP contribution in [0.1, 0.15) is 21.9 Å². The van der Waals surface area contributed by atoms with Crippen LogP contribution in [0.5, 0.6) is 0 Å². The Morgan fingerprint density at radius 1 is 1.55 bits per heavy atom. The summed E-state index contributed by atoms with van der Waals surface area (Å²) >= 11 is 0. The second kappa shape index (κ2) is 5.39. The van der Waals surface area contributed by atoms with Crippen molar-refractivity contribution >= 4 is 17.5 Å². The molecular formula is C12H11N3O5. The number of anilines is 1. The van der Waals surface area contributed by atoms with Gasteiger partial charge in [-0.15, -0.1) is 0 Å². The number of rotatable bonds is 5. The molecule has 2 aromatic heterocycles. The first-order valence-corrected chi connectivity index (χ1v) is 5.64. The van der Waals surface area contributed by atoms with E-state index in [1.807, 2.05) is 0 Å². The van der Waals surface area contributed by atoms with Crippen LogP contribution in [0.15, 0.2) is 28.8 Å². The molecule has 2 N–H and O–H groups in total. The highest BCUT2D eigenvalue weighted by atomic mass is 16.6. The Balaban J connectivity index is 2.22. The molecule has 0 saturated heterocycles. The molecule has 2 aromatic rings. The van der Waals surface area contributed by atoms with E-state index in [0.29, 0.717) is 5.76 Å². The van der Waals surface area contributed by atoms with Gasteiger partial charge in [0.15, 0.2) is 0 Å². The van der Waals surface area contributed by atoms with E-state index >= 15 is 0 Å². The third kappa shape index (κ3) is 2.91. The number of aryl methyl sites for hydroxylation is 1. The molecule has 0 aliphatic carbocycles. The second-order valence-electron chi connectivity index (χ2n) is 4.02. The number of nitro groups is 1. The van der Waals surface area contributed by atoms with Crippen LogP contribution in [-0.4, -0.2) is 21.0 Å². The minimum Gasteiger partial charge on any atom is -0.478 e. The maximum atomic E-state index is 10.9. The van der Waals surface area contributed by atoms with Crippen molar-refractivity contribution in [1.29, 1.82) is 0 Å². The number of furan rings is 1. The van der Waals surface area contributed by atoms with Gasteiger partial charge >= 0.3 is 11.7 Å². The minimum atomic E-state index is -1.27. The van der Waals surface area contributed by atoms with Crippen molar-refractivity contribution in [3.05, 3.63) is 51.6 Å². The van der Waals surface area contributed by atoms with Gasteiger partial charge in [0.1, 0.15) is 11.5 Å². The van der Waals surface area contributed by atoms with Crippen molar-refractivity contribution in [2.75, 3.05) is 5.32 Å². The molecule has 0 atom stereocenters. The third-order valence-electron chi connectivity index (χ3n) is 2.54. The van der Waals surface area contributed by atoms with Gasteiger partial charge in [0, 0.05) is 12.3 Å². The molecule has 20 heavy (non-hydrogen) atoms. The van der Waals surface area contributed by atoms with Gasteiger partial charge in [0.2, 0.25) is 5.82 Å². The molecule has 2 rings (SSSR count). The Labute approximate surface area is 113 Å². The Morgan fingerprint density at radius 3 is 2.85 bits per heavy atom. The average molecular weight is 277 g/mol. The number of carboxylic acid groups (broad SMARTS) is 1. The lowest BCUT2D eigenvalue weighted by Gasteiger charge is -2.05. The molecule has 0 bridgehead atoms. The van der Waals surface area contributed by atoms with E-state index in [1.165, 1.54) is 0 Å². The van der Waals surface area contributed by atoms with Gasteiger partial charge in [-0.05, 0) is 19.1 Å². The van der Waals surface area contributed by atoms with Gasteiger partial charge in [-0.2, -0.15) is 0 Å². The zero-order chi connectivity index (χ0) is 14.7. The summed E-state index contributed by atoms with van der Waals surface area (Å²) in [4.78, 5) is 24.8. The van der Waals surface area contributed by atoms with E-state index in [4.69, 9.17) is 9.52 Å². The number of nitrogens with zero attached hydrogens (tertiary/aromatic N) is 2. The van der Waals surface area contributed by atoms with Crippen molar-refractivity contribution in [2.45, 2.75) is 13.5 Å². The van der Waals surface area contributed by atoms with E-state index in [0.717, 1.165) is 18.0 Å². The van der Waals surface area contributed by atoms with Gasteiger partial charge in [-0.3, -0.25) is 10.1 Å². The fourth-order valence-electron chi connectivity index (χ4n) is 1.60. The van der Waals surface area contributed by atoms with Gasteiger partial charge < -0.3 is 14.8 Å². The summed E-state index contributed by atoms with van der Waals surface area (Å²) in [5.41, 5.74) is -0.635. The molecule has 0 saturated carbocycles. The largest absolute Gasteiger partial charge is 0.478 e. The average Bonchev–Trinajstić information content (AvgIpc) is 2.81. The summed E-state index contributed by atoms with van der Waals surface area (Å²) in [7, 11) is 0. The molecule has 0 aliphatic rings. The maximum absolute atomic E-state index is 10.9. The van der Waals surface area contributed by atoms with Crippen molar-refractivity contribution in [1.82, 2.24) is 4.98 Å². The first-order chi connectivity index (χ1) is 9.47. The Hall–Kier alpha value is -2.90. The van der Waals surface area contributed by atoms with Crippen LogP contribution >= 0.6 is 0 Å². The van der Waals surface area contributed by atoms with Crippen molar-refractivity contribution in [3.63, 3.8) is 0 Å².